The number of benzene rings is 2. The number of hydrogen-bond donors (Lipinski definition) is 1. The lowest BCUT2D eigenvalue weighted by Crippen LogP contribution is -2.35. The van der Waals surface area contributed by atoms with Crippen LogP contribution in [0.5, 0.6) is 0 Å². The molecule has 3 nitrogen and oxygen atoms in total. The molecule has 1 atom stereocenters. The van der Waals surface area contributed by atoms with E-state index in [0.717, 1.165) is 19.6 Å². The van der Waals surface area contributed by atoms with Gasteiger partial charge in [-0.25, -0.2) is 0 Å². The third kappa shape index (κ3) is 4.05. The molecule has 5 heteroatoms. The van der Waals surface area contributed by atoms with Crippen molar-refractivity contribution in [3.05, 3.63) is 43.5 Å². The predicted molar refractivity (Wildman–Crippen MR) is 126 cm³/mol. The molecular formula is C21H24I2N2O. The summed E-state index contributed by atoms with van der Waals surface area (Å²) in [5.41, 5.74) is 2.44. The highest BCUT2D eigenvalue weighted by Crippen LogP contribution is 2.31. The Bertz CT molecular complexity index is 854. The van der Waals surface area contributed by atoms with Gasteiger partial charge in [0.25, 0.3) is 0 Å². The van der Waals surface area contributed by atoms with E-state index in [4.69, 9.17) is 0 Å². The predicted octanol–water partition coefficient (Wildman–Crippen LogP) is 5.24. The van der Waals surface area contributed by atoms with Crippen molar-refractivity contribution in [1.29, 1.82) is 0 Å². The van der Waals surface area contributed by atoms with Crippen molar-refractivity contribution in [2.45, 2.75) is 38.3 Å². The molecule has 1 aliphatic heterocycles. The zero-order valence-corrected chi connectivity index (χ0v) is 19.1. The van der Waals surface area contributed by atoms with E-state index in [1.54, 1.807) is 0 Å². The molecule has 2 aromatic carbocycles. The Morgan fingerprint density at radius 3 is 1.88 bits per heavy atom. The molecule has 0 aliphatic carbocycles. The highest BCUT2D eigenvalue weighted by atomic mass is 127. The number of aromatic nitrogens is 1. The molecular weight excluding hydrogens is 550 g/mol. The summed E-state index contributed by atoms with van der Waals surface area (Å²) in [6, 6.07) is 13.2. The Morgan fingerprint density at radius 1 is 0.808 bits per heavy atom. The monoisotopic (exact) mass is 574 g/mol. The summed E-state index contributed by atoms with van der Waals surface area (Å²) in [7, 11) is 0. The van der Waals surface area contributed by atoms with Crippen LogP contribution < -0.4 is 0 Å². The van der Waals surface area contributed by atoms with E-state index in [9.17, 15) is 5.11 Å². The van der Waals surface area contributed by atoms with Crippen LogP contribution in [-0.4, -0.2) is 40.3 Å². The van der Waals surface area contributed by atoms with Crippen molar-refractivity contribution >= 4 is 67.0 Å². The van der Waals surface area contributed by atoms with Crippen molar-refractivity contribution in [3.63, 3.8) is 0 Å². The zero-order chi connectivity index (χ0) is 18.1. The lowest BCUT2D eigenvalue weighted by Gasteiger charge is -2.24. The smallest absolute Gasteiger partial charge is 0.0845 e. The van der Waals surface area contributed by atoms with Crippen LogP contribution in [0.1, 0.15) is 25.7 Å². The lowest BCUT2D eigenvalue weighted by atomic mass is 10.2. The number of halogens is 2. The fraction of sp³-hybridized carbons (Fsp3) is 0.429. The van der Waals surface area contributed by atoms with E-state index < -0.39 is 0 Å². The summed E-state index contributed by atoms with van der Waals surface area (Å²) < 4.78 is 4.80. The first-order valence-corrected chi connectivity index (χ1v) is 11.5. The van der Waals surface area contributed by atoms with Gasteiger partial charge in [0.15, 0.2) is 0 Å². The van der Waals surface area contributed by atoms with Gasteiger partial charge < -0.3 is 14.6 Å². The normalized spacial score (nSPS) is 17.7. The summed E-state index contributed by atoms with van der Waals surface area (Å²) in [5, 5.41) is 13.4. The third-order valence-electron chi connectivity index (χ3n) is 5.35. The first kappa shape index (κ1) is 19.0. The standard InChI is InChI=1S/C21H24I2N2O/c22-15-5-7-20-18(11-15)19-12-16(23)6-8-21(19)25(20)14-17(26)13-24-9-3-1-2-4-10-24/h5-8,11-12,17,26H,1-4,9-10,13-14H2/t17-/m0/s1. The molecule has 0 amide bonds. The second kappa shape index (κ2) is 8.32. The van der Waals surface area contributed by atoms with E-state index in [1.807, 2.05) is 0 Å². The second-order valence-corrected chi connectivity index (χ2v) is 9.79. The lowest BCUT2D eigenvalue weighted by molar-refractivity contribution is 0.102. The van der Waals surface area contributed by atoms with Gasteiger partial charge in [-0.3, -0.25) is 0 Å². The molecule has 1 saturated heterocycles. The molecule has 26 heavy (non-hydrogen) atoms. The Kier molecular flexibility index (Phi) is 6.07. The maximum atomic E-state index is 10.8. The second-order valence-electron chi connectivity index (χ2n) is 7.30. The minimum atomic E-state index is -0.342. The first-order valence-electron chi connectivity index (χ1n) is 9.39. The summed E-state index contributed by atoms with van der Waals surface area (Å²) in [5.74, 6) is 0. The molecule has 3 aromatic rings. The third-order valence-corrected chi connectivity index (χ3v) is 6.69. The van der Waals surface area contributed by atoms with Gasteiger partial charge in [-0.15, -0.1) is 0 Å². The molecule has 0 bridgehead atoms. The quantitative estimate of drug-likeness (QED) is 0.432. The number of fused-ring (bicyclic) bond motifs is 3. The molecule has 1 aliphatic rings. The van der Waals surface area contributed by atoms with Crippen molar-refractivity contribution in [3.8, 4) is 0 Å². The fourth-order valence-electron chi connectivity index (χ4n) is 4.13. The minimum Gasteiger partial charge on any atom is -0.390 e. The van der Waals surface area contributed by atoms with E-state index in [0.29, 0.717) is 6.54 Å². The van der Waals surface area contributed by atoms with Crippen LogP contribution in [0.4, 0.5) is 0 Å². The number of rotatable bonds is 4. The molecule has 0 radical (unpaired) electrons. The number of hydrogen-bond acceptors (Lipinski definition) is 2. The van der Waals surface area contributed by atoms with Crippen LogP contribution in [0, 0.1) is 7.14 Å². The van der Waals surface area contributed by atoms with Crippen LogP contribution in [0.15, 0.2) is 36.4 Å². The Balaban J connectivity index is 1.66. The van der Waals surface area contributed by atoms with Gasteiger partial charge in [0, 0.05) is 35.5 Å². The molecule has 2 heterocycles. The van der Waals surface area contributed by atoms with Gasteiger partial charge in [0.2, 0.25) is 0 Å². The molecule has 1 N–H and O–H groups in total. The van der Waals surface area contributed by atoms with Gasteiger partial charge >= 0.3 is 0 Å². The Hall–Kier alpha value is -0.380. The highest BCUT2D eigenvalue weighted by molar-refractivity contribution is 14.1. The van der Waals surface area contributed by atoms with Crippen LogP contribution in [0.25, 0.3) is 21.8 Å². The molecule has 0 spiro atoms. The zero-order valence-electron chi connectivity index (χ0n) is 14.8. The van der Waals surface area contributed by atoms with Crippen LogP contribution >= 0.6 is 45.2 Å². The van der Waals surface area contributed by atoms with Gasteiger partial charge in [-0.1, -0.05) is 12.8 Å². The SMILES string of the molecule is O[C@@H](CN1CCCCCC1)Cn1c2ccc(I)cc2c2cc(I)ccc21. The average Bonchev–Trinajstić information content (AvgIpc) is 2.77. The average molecular weight is 574 g/mol. The molecule has 1 fully saturated rings. The van der Waals surface area contributed by atoms with Crippen molar-refractivity contribution in [2.75, 3.05) is 19.6 Å². The van der Waals surface area contributed by atoms with Gasteiger partial charge in [-0.2, -0.15) is 0 Å². The van der Waals surface area contributed by atoms with Crippen molar-refractivity contribution in [2.24, 2.45) is 0 Å². The first-order chi connectivity index (χ1) is 12.6. The number of aliphatic hydroxyl groups is 1. The molecule has 4 rings (SSSR count). The van der Waals surface area contributed by atoms with Gasteiger partial charge in [0.05, 0.1) is 12.6 Å². The van der Waals surface area contributed by atoms with Crippen molar-refractivity contribution < 1.29 is 5.11 Å². The summed E-state index contributed by atoms with van der Waals surface area (Å²) in [4.78, 5) is 2.44. The fourth-order valence-corrected chi connectivity index (χ4v) is 5.11. The Labute approximate surface area is 182 Å². The number of aliphatic hydroxyl groups excluding tert-OH is 1. The summed E-state index contributed by atoms with van der Waals surface area (Å²) in [6.07, 6.45) is 4.84. The van der Waals surface area contributed by atoms with Gasteiger partial charge in [-0.05, 0) is 108 Å². The highest BCUT2D eigenvalue weighted by Gasteiger charge is 2.17. The maximum absolute atomic E-state index is 10.8. The van der Waals surface area contributed by atoms with Crippen molar-refractivity contribution in [1.82, 2.24) is 9.47 Å². The molecule has 0 unspecified atom stereocenters. The summed E-state index contributed by atoms with van der Waals surface area (Å²) >= 11 is 4.75. The molecule has 1 aromatic heterocycles. The topological polar surface area (TPSA) is 28.4 Å². The number of β-amino-alcohol motifs (C(OH)–C–C–N with tert-alkyl or cyclic N) is 1. The van der Waals surface area contributed by atoms with E-state index in [2.05, 4.69) is 91.0 Å². The van der Waals surface area contributed by atoms with E-state index in [-0.39, 0.29) is 6.10 Å². The maximum Gasteiger partial charge on any atom is 0.0845 e. The number of nitrogens with zero attached hydrogens (tertiary/aromatic N) is 2. The van der Waals surface area contributed by atoms with Crippen LogP contribution in [0.2, 0.25) is 0 Å². The number of likely N-dealkylation sites (tertiary alicyclic amines) is 1. The minimum absolute atomic E-state index is 0.342. The summed E-state index contributed by atoms with van der Waals surface area (Å²) in [6.45, 7) is 3.68. The largest absolute Gasteiger partial charge is 0.390 e. The van der Waals surface area contributed by atoms with E-state index in [1.165, 1.54) is 54.6 Å². The Morgan fingerprint density at radius 2 is 1.35 bits per heavy atom. The van der Waals surface area contributed by atoms with Crippen LogP contribution in [-0.2, 0) is 6.54 Å². The molecule has 0 saturated carbocycles. The van der Waals surface area contributed by atoms with Gasteiger partial charge in [0.1, 0.15) is 0 Å². The molecule has 138 valence electrons. The van der Waals surface area contributed by atoms with Crippen LogP contribution in [0.3, 0.4) is 0 Å². The van der Waals surface area contributed by atoms with E-state index >= 15 is 0 Å².